The summed E-state index contributed by atoms with van der Waals surface area (Å²) in [6, 6.07) is 8.63. The minimum atomic E-state index is 0.295. The predicted molar refractivity (Wildman–Crippen MR) is 74.8 cm³/mol. The number of benzene rings is 1. The summed E-state index contributed by atoms with van der Waals surface area (Å²) in [5.74, 6) is 0.295. The van der Waals surface area contributed by atoms with Gasteiger partial charge in [0.05, 0.1) is 5.84 Å². The van der Waals surface area contributed by atoms with Crippen LogP contribution in [0, 0.1) is 12.3 Å². The molecule has 0 spiro atoms. The van der Waals surface area contributed by atoms with Gasteiger partial charge in [0.1, 0.15) is 0 Å². The molecule has 0 bridgehead atoms. The Labute approximate surface area is 104 Å². The molecule has 0 saturated heterocycles. The molecule has 0 aromatic heterocycles. The van der Waals surface area contributed by atoms with Crippen molar-refractivity contribution in [1.82, 2.24) is 0 Å². The Balaban J connectivity index is 2.43. The summed E-state index contributed by atoms with van der Waals surface area (Å²) < 4.78 is 0. The molecule has 0 aliphatic heterocycles. The van der Waals surface area contributed by atoms with Crippen LogP contribution in [0.3, 0.4) is 0 Å². The summed E-state index contributed by atoms with van der Waals surface area (Å²) in [6.07, 6.45) is 2.80. The van der Waals surface area contributed by atoms with Crippen LogP contribution in [0.4, 0.5) is 5.69 Å². The van der Waals surface area contributed by atoms with Crippen molar-refractivity contribution in [2.45, 2.75) is 33.1 Å². The molecular formula is C14H23N3. The Kier molecular flexibility index (Phi) is 5.53. The van der Waals surface area contributed by atoms with Crippen molar-refractivity contribution in [1.29, 1.82) is 5.41 Å². The fourth-order valence-electron chi connectivity index (χ4n) is 1.84. The maximum Gasteiger partial charge on any atom is 0.0905 e. The molecule has 1 aromatic carbocycles. The maximum atomic E-state index is 7.18. The van der Waals surface area contributed by atoms with Crippen molar-refractivity contribution in [2.75, 3.05) is 18.0 Å². The normalized spacial score (nSPS) is 10.2. The van der Waals surface area contributed by atoms with Gasteiger partial charge in [-0.15, -0.1) is 0 Å². The summed E-state index contributed by atoms with van der Waals surface area (Å²) in [7, 11) is 0. The zero-order chi connectivity index (χ0) is 12.7. The van der Waals surface area contributed by atoms with E-state index in [1.165, 1.54) is 11.3 Å². The Morgan fingerprint density at radius 2 is 1.88 bits per heavy atom. The molecule has 1 rings (SSSR count). The monoisotopic (exact) mass is 233 g/mol. The van der Waals surface area contributed by atoms with Gasteiger partial charge in [-0.3, -0.25) is 5.41 Å². The van der Waals surface area contributed by atoms with Gasteiger partial charge >= 0.3 is 0 Å². The fourth-order valence-corrected chi connectivity index (χ4v) is 1.84. The molecule has 3 nitrogen and oxygen atoms in total. The smallest absolute Gasteiger partial charge is 0.0905 e. The van der Waals surface area contributed by atoms with Crippen LogP contribution in [0.15, 0.2) is 24.3 Å². The SMILES string of the molecule is CCN(CCCCC(=N)N)c1ccc(C)cc1. The van der Waals surface area contributed by atoms with Crippen LogP contribution < -0.4 is 10.6 Å². The number of anilines is 1. The number of nitrogens with zero attached hydrogens (tertiary/aromatic N) is 1. The Hall–Kier alpha value is -1.51. The molecule has 0 amide bonds. The van der Waals surface area contributed by atoms with E-state index in [1.807, 2.05) is 0 Å². The lowest BCUT2D eigenvalue weighted by Crippen LogP contribution is -2.24. The second-order valence-electron chi connectivity index (χ2n) is 4.40. The van der Waals surface area contributed by atoms with Gasteiger partial charge in [0.15, 0.2) is 0 Å². The molecule has 3 N–H and O–H groups in total. The minimum Gasteiger partial charge on any atom is -0.388 e. The zero-order valence-electron chi connectivity index (χ0n) is 10.9. The number of rotatable bonds is 7. The van der Waals surface area contributed by atoms with E-state index < -0.39 is 0 Å². The van der Waals surface area contributed by atoms with E-state index in [0.29, 0.717) is 12.3 Å². The topological polar surface area (TPSA) is 53.1 Å². The first-order chi connectivity index (χ1) is 8.13. The van der Waals surface area contributed by atoms with Crippen LogP contribution in [-0.4, -0.2) is 18.9 Å². The maximum absolute atomic E-state index is 7.18. The van der Waals surface area contributed by atoms with E-state index >= 15 is 0 Å². The third kappa shape index (κ3) is 4.89. The number of hydrogen-bond donors (Lipinski definition) is 2. The first-order valence-corrected chi connectivity index (χ1v) is 6.28. The second-order valence-corrected chi connectivity index (χ2v) is 4.40. The molecule has 1 aromatic rings. The average molecular weight is 233 g/mol. The quantitative estimate of drug-likeness (QED) is 0.432. The number of nitrogens with one attached hydrogen (secondary N) is 1. The second kappa shape index (κ2) is 6.94. The first-order valence-electron chi connectivity index (χ1n) is 6.28. The minimum absolute atomic E-state index is 0.295. The summed E-state index contributed by atoms with van der Waals surface area (Å²) in [5.41, 5.74) is 7.91. The first kappa shape index (κ1) is 13.6. The summed E-state index contributed by atoms with van der Waals surface area (Å²) >= 11 is 0. The molecule has 0 heterocycles. The lowest BCUT2D eigenvalue weighted by atomic mass is 10.2. The van der Waals surface area contributed by atoms with Gasteiger partial charge in [-0.2, -0.15) is 0 Å². The largest absolute Gasteiger partial charge is 0.388 e. The fraction of sp³-hybridized carbons (Fsp3) is 0.500. The van der Waals surface area contributed by atoms with Gasteiger partial charge in [-0.05, 0) is 38.8 Å². The standard InChI is InChI=1S/C14H23N3/c1-3-17(11-5-4-6-14(15)16)13-9-7-12(2)8-10-13/h7-10H,3-6,11H2,1-2H3,(H3,15,16). The van der Waals surface area contributed by atoms with Crippen LogP contribution in [-0.2, 0) is 0 Å². The van der Waals surface area contributed by atoms with Gasteiger partial charge < -0.3 is 10.6 Å². The molecule has 0 saturated carbocycles. The Morgan fingerprint density at radius 1 is 1.24 bits per heavy atom. The number of amidine groups is 1. The van der Waals surface area contributed by atoms with E-state index in [9.17, 15) is 0 Å². The van der Waals surface area contributed by atoms with E-state index in [2.05, 4.69) is 43.0 Å². The lowest BCUT2D eigenvalue weighted by Gasteiger charge is -2.23. The molecule has 0 atom stereocenters. The van der Waals surface area contributed by atoms with Gasteiger partial charge in [0.2, 0.25) is 0 Å². The van der Waals surface area contributed by atoms with E-state index in [1.54, 1.807) is 0 Å². The molecule has 0 aliphatic carbocycles. The molecular weight excluding hydrogens is 210 g/mol. The summed E-state index contributed by atoms with van der Waals surface area (Å²) in [6.45, 7) is 6.33. The highest BCUT2D eigenvalue weighted by Gasteiger charge is 2.03. The van der Waals surface area contributed by atoms with E-state index in [-0.39, 0.29) is 0 Å². The highest BCUT2D eigenvalue weighted by atomic mass is 15.1. The molecule has 0 radical (unpaired) electrons. The van der Waals surface area contributed by atoms with Gasteiger partial charge in [0.25, 0.3) is 0 Å². The highest BCUT2D eigenvalue weighted by molar-refractivity contribution is 5.76. The Morgan fingerprint density at radius 3 is 2.41 bits per heavy atom. The average Bonchev–Trinajstić information content (AvgIpc) is 2.30. The highest BCUT2D eigenvalue weighted by Crippen LogP contribution is 2.15. The van der Waals surface area contributed by atoms with Crippen LogP contribution in [0.5, 0.6) is 0 Å². The van der Waals surface area contributed by atoms with Gasteiger partial charge in [-0.25, -0.2) is 0 Å². The summed E-state index contributed by atoms with van der Waals surface area (Å²) in [5, 5.41) is 7.18. The third-order valence-electron chi connectivity index (χ3n) is 2.90. The molecule has 94 valence electrons. The number of aryl methyl sites for hydroxylation is 1. The van der Waals surface area contributed by atoms with Crippen LogP contribution in [0.1, 0.15) is 31.7 Å². The van der Waals surface area contributed by atoms with Crippen molar-refractivity contribution in [3.63, 3.8) is 0 Å². The van der Waals surface area contributed by atoms with Crippen LogP contribution in [0.2, 0.25) is 0 Å². The number of nitrogens with two attached hydrogens (primary N) is 1. The van der Waals surface area contributed by atoms with Crippen LogP contribution >= 0.6 is 0 Å². The van der Waals surface area contributed by atoms with E-state index in [0.717, 1.165) is 25.9 Å². The van der Waals surface area contributed by atoms with Crippen molar-refractivity contribution < 1.29 is 0 Å². The third-order valence-corrected chi connectivity index (χ3v) is 2.90. The molecule has 17 heavy (non-hydrogen) atoms. The molecule has 0 unspecified atom stereocenters. The van der Waals surface area contributed by atoms with Crippen molar-refractivity contribution in [2.24, 2.45) is 5.73 Å². The van der Waals surface area contributed by atoms with E-state index in [4.69, 9.17) is 11.1 Å². The van der Waals surface area contributed by atoms with Crippen LogP contribution in [0.25, 0.3) is 0 Å². The Bertz CT molecular complexity index is 343. The molecule has 0 aliphatic rings. The van der Waals surface area contributed by atoms with Crippen molar-refractivity contribution in [3.05, 3.63) is 29.8 Å². The van der Waals surface area contributed by atoms with Crippen molar-refractivity contribution in [3.8, 4) is 0 Å². The number of hydrogen-bond acceptors (Lipinski definition) is 2. The number of unbranched alkanes of at least 4 members (excludes halogenated alkanes) is 1. The lowest BCUT2D eigenvalue weighted by molar-refractivity contribution is 0.711. The van der Waals surface area contributed by atoms with Gasteiger partial charge in [0, 0.05) is 25.2 Å². The molecule has 0 fully saturated rings. The van der Waals surface area contributed by atoms with Gasteiger partial charge in [-0.1, -0.05) is 17.7 Å². The summed E-state index contributed by atoms with van der Waals surface area (Å²) in [4.78, 5) is 2.36. The molecule has 3 heteroatoms. The zero-order valence-corrected chi connectivity index (χ0v) is 10.9. The van der Waals surface area contributed by atoms with Crippen molar-refractivity contribution >= 4 is 11.5 Å². The predicted octanol–water partition coefficient (Wildman–Crippen LogP) is 2.93.